The van der Waals surface area contributed by atoms with Crippen LogP contribution in [0, 0.1) is 5.92 Å². The average molecular weight is 175 g/mol. The molecule has 0 saturated heterocycles. The molecule has 0 fully saturated rings. The molecule has 0 aliphatic heterocycles. The van der Waals surface area contributed by atoms with Crippen molar-refractivity contribution in [3.63, 3.8) is 0 Å². The Bertz CT molecular complexity index is 403. The van der Waals surface area contributed by atoms with Crippen LogP contribution in [-0.2, 0) is 6.42 Å². The number of rotatable bonds is 2. The molecule has 0 aliphatic rings. The molecule has 2 aromatic heterocycles. The maximum Gasteiger partial charge on any atom is 0.155 e. The SMILES string of the molecule is CC(C)Cc1cnc2[nH]ccc2n1. The molecule has 3 nitrogen and oxygen atoms in total. The van der Waals surface area contributed by atoms with E-state index < -0.39 is 0 Å². The quantitative estimate of drug-likeness (QED) is 0.759. The zero-order valence-corrected chi connectivity index (χ0v) is 7.91. The van der Waals surface area contributed by atoms with Gasteiger partial charge in [-0.1, -0.05) is 13.8 Å². The fourth-order valence-electron chi connectivity index (χ4n) is 1.39. The highest BCUT2D eigenvalue weighted by Gasteiger charge is 2.02. The van der Waals surface area contributed by atoms with E-state index in [0.717, 1.165) is 23.3 Å². The lowest BCUT2D eigenvalue weighted by atomic mass is 10.1. The number of hydrogen-bond acceptors (Lipinski definition) is 2. The van der Waals surface area contributed by atoms with E-state index in [-0.39, 0.29) is 0 Å². The summed E-state index contributed by atoms with van der Waals surface area (Å²) in [6, 6.07) is 1.95. The van der Waals surface area contributed by atoms with Gasteiger partial charge in [-0.05, 0) is 18.4 Å². The lowest BCUT2D eigenvalue weighted by Gasteiger charge is -2.02. The molecule has 2 aromatic rings. The fourth-order valence-corrected chi connectivity index (χ4v) is 1.39. The lowest BCUT2D eigenvalue weighted by Crippen LogP contribution is -1.97. The molecule has 2 rings (SSSR count). The third kappa shape index (κ3) is 1.69. The van der Waals surface area contributed by atoms with Crippen molar-refractivity contribution < 1.29 is 0 Å². The van der Waals surface area contributed by atoms with Crippen LogP contribution in [0.5, 0.6) is 0 Å². The highest BCUT2D eigenvalue weighted by atomic mass is 14.9. The summed E-state index contributed by atoms with van der Waals surface area (Å²) in [5.41, 5.74) is 2.90. The lowest BCUT2D eigenvalue weighted by molar-refractivity contribution is 0.635. The predicted molar refractivity (Wildman–Crippen MR) is 52.4 cm³/mol. The first kappa shape index (κ1) is 8.23. The summed E-state index contributed by atoms with van der Waals surface area (Å²) in [5, 5.41) is 0. The van der Waals surface area contributed by atoms with Gasteiger partial charge in [-0.2, -0.15) is 0 Å². The van der Waals surface area contributed by atoms with Crippen LogP contribution in [0.3, 0.4) is 0 Å². The van der Waals surface area contributed by atoms with E-state index in [0.29, 0.717) is 5.92 Å². The summed E-state index contributed by atoms with van der Waals surface area (Å²) < 4.78 is 0. The normalized spacial score (nSPS) is 11.3. The second-order valence-electron chi connectivity index (χ2n) is 3.67. The summed E-state index contributed by atoms with van der Waals surface area (Å²) in [5.74, 6) is 0.630. The molecule has 0 saturated carbocycles. The van der Waals surface area contributed by atoms with Crippen molar-refractivity contribution in [3.8, 4) is 0 Å². The Hall–Kier alpha value is -1.38. The summed E-state index contributed by atoms with van der Waals surface area (Å²) in [6.07, 6.45) is 4.71. The van der Waals surface area contributed by atoms with E-state index in [9.17, 15) is 0 Å². The topological polar surface area (TPSA) is 41.6 Å². The van der Waals surface area contributed by atoms with Crippen LogP contribution in [0.1, 0.15) is 19.5 Å². The van der Waals surface area contributed by atoms with E-state index in [2.05, 4.69) is 28.8 Å². The third-order valence-corrected chi connectivity index (χ3v) is 1.93. The van der Waals surface area contributed by atoms with Crippen molar-refractivity contribution in [1.82, 2.24) is 15.0 Å². The molecule has 13 heavy (non-hydrogen) atoms. The second kappa shape index (κ2) is 3.17. The molecule has 3 heteroatoms. The number of nitrogens with zero attached hydrogens (tertiary/aromatic N) is 2. The number of aromatic nitrogens is 3. The smallest absolute Gasteiger partial charge is 0.155 e. The minimum absolute atomic E-state index is 0.630. The Balaban J connectivity index is 2.37. The Morgan fingerprint density at radius 1 is 1.46 bits per heavy atom. The Morgan fingerprint density at radius 3 is 3.08 bits per heavy atom. The van der Waals surface area contributed by atoms with Gasteiger partial charge in [0.05, 0.1) is 11.9 Å². The highest BCUT2D eigenvalue weighted by molar-refractivity contribution is 5.69. The van der Waals surface area contributed by atoms with Crippen molar-refractivity contribution in [2.45, 2.75) is 20.3 Å². The van der Waals surface area contributed by atoms with Gasteiger partial charge >= 0.3 is 0 Å². The van der Waals surface area contributed by atoms with E-state index in [1.165, 1.54) is 0 Å². The highest BCUT2D eigenvalue weighted by Crippen LogP contribution is 2.09. The molecule has 0 spiro atoms. The first-order valence-corrected chi connectivity index (χ1v) is 4.54. The van der Waals surface area contributed by atoms with Crippen molar-refractivity contribution in [1.29, 1.82) is 0 Å². The Labute approximate surface area is 77.2 Å². The van der Waals surface area contributed by atoms with Crippen LogP contribution in [0.2, 0.25) is 0 Å². The molecular weight excluding hydrogens is 162 g/mol. The molecule has 0 atom stereocenters. The van der Waals surface area contributed by atoms with Crippen LogP contribution in [0.4, 0.5) is 0 Å². The zero-order valence-electron chi connectivity index (χ0n) is 7.91. The molecule has 0 aliphatic carbocycles. The van der Waals surface area contributed by atoms with E-state index >= 15 is 0 Å². The van der Waals surface area contributed by atoms with Gasteiger partial charge in [0.2, 0.25) is 0 Å². The van der Waals surface area contributed by atoms with Crippen LogP contribution < -0.4 is 0 Å². The second-order valence-corrected chi connectivity index (χ2v) is 3.67. The van der Waals surface area contributed by atoms with E-state index in [4.69, 9.17) is 0 Å². The first-order chi connectivity index (χ1) is 6.25. The number of fused-ring (bicyclic) bond motifs is 1. The van der Waals surface area contributed by atoms with Crippen molar-refractivity contribution in [2.75, 3.05) is 0 Å². The molecule has 0 unspecified atom stereocenters. The Kier molecular flexibility index (Phi) is 2.00. The molecule has 1 N–H and O–H groups in total. The first-order valence-electron chi connectivity index (χ1n) is 4.54. The maximum atomic E-state index is 4.48. The third-order valence-electron chi connectivity index (χ3n) is 1.93. The molecule has 0 aromatic carbocycles. The number of nitrogens with one attached hydrogen (secondary N) is 1. The van der Waals surface area contributed by atoms with Gasteiger partial charge in [-0.25, -0.2) is 9.97 Å². The summed E-state index contributed by atoms with van der Waals surface area (Å²) in [4.78, 5) is 11.8. The molecule has 0 amide bonds. The molecule has 68 valence electrons. The predicted octanol–water partition coefficient (Wildman–Crippen LogP) is 2.16. The van der Waals surface area contributed by atoms with Crippen molar-refractivity contribution >= 4 is 11.2 Å². The molecule has 0 radical (unpaired) electrons. The zero-order chi connectivity index (χ0) is 9.26. The van der Waals surface area contributed by atoms with E-state index in [1.807, 2.05) is 18.5 Å². The number of hydrogen-bond donors (Lipinski definition) is 1. The van der Waals surface area contributed by atoms with Gasteiger partial charge in [0.25, 0.3) is 0 Å². The minimum atomic E-state index is 0.630. The van der Waals surface area contributed by atoms with Crippen LogP contribution in [0.25, 0.3) is 11.2 Å². The van der Waals surface area contributed by atoms with Crippen LogP contribution in [-0.4, -0.2) is 15.0 Å². The van der Waals surface area contributed by atoms with Gasteiger partial charge in [-0.3, -0.25) is 0 Å². The summed E-state index contributed by atoms with van der Waals surface area (Å²) >= 11 is 0. The minimum Gasteiger partial charge on any atom is -0.345 e. The van der Waals surface area contributed by atoms with Crippen molar-refractivity contribution in [2.24, 2.45) is 5.92 Å². The summed E-state index contributed by atoms with van der Waals surface area (Å²) in [6.45, 7) is 4.37. The standard InChI is InChI=1S/C10H13N3/c1-7(2)5-8-6-12-10-9(13-8)3-4-11-10/h3-4,6-7H,5H2,1-2H3,(H,11,12). The van der Waals surface area contributed by atoms with Gasteiger partial charge < -0.3 is 4.98 Å². The average Bonchev–Trinajstić information content (AvgIpc) is 2.49. The van der Waals surface area contributed by atoms with Crippen LogP contribution >= 0.6 is 0 Å². The molecule has 2 heterocycles. The van der Waals surface area contributed by atoms with Crippen LogP contribution in [0.15, 0.2) is 18.5 Å². The van der Waals surface area contributed by atoms with Crippen molar-refractivity contribution in [3.05, 3.63) is 24.2 Å². The number of aromatic amines is 1. The number of H-pyrrole nitrogens is 1. The molecular formula is C10H13N3. The maximum absolute atomic E-state index is 4.48. The largest absolute Gasteiger partial charge is 0.345 e. The fraction of sp³-hybridized carbons (Fsp3) is 0.400. The van der Waals surface area contributed by atoms with Gasteiger partial charge in [0.1, 0.15) is 5.52 Å². The molecule has 0 bridgehead atoms. The van der Waals surface area contributed by atoms with Gasteiger partial charge in [0, 0.05) is 6.20 Å². The Morgan fingerprint density at radius 2 is 2.31 bits per heavy atom. The summed E-state index contributed by atoms with van der Waals surface area (Å²) in [7, 11) is 0. The van der Waals surface area contributed by atoms with Gasteiger partial charge in [-0.15, -0.1) is 0 Å². The van der Waals surface area contributed by atoms with E-state index in [1.54, 1.807) is 0 Å². The van der Waals surface area contributed by atoms with Gasteiger partial charge in [0.15, 0.2) is 5.65 Å². The monoisotopic (exact) mass is 175 g/mol.